The van der Waals surface area contributed by atoms with Crippen molar-refractivity contribution in [2.45, 2.75) is 39.7 Å². The van der Waals surface area contributed by atoms with Crippen molar-refractivity contribution in [3.05, 3.63) is 53.6 Å². The van der Waals surface area contributed by atoms with Crippen LogP contribution in [0.1, 0.15) is 30.9 Å². The summed E-state index contributed by atoms with van der Waals surface area (Å²) in [6.07, 6.45) is 1.23. The number of amidine groups is 1. The molecule has 1 amide bonds. The number of benzene rings is 2. The number of methoxy groups -OCH3 is 1. The van der Waals surface area contributed by atoms with E-state index in [4.69, 9.17) is 14.5 Å². The van der Waals surface area contributed by atoms with E-state index in [1.54, 1.807) is 18.9 Å². The molecule has 0 aromatic heterocycles. The highest BCUT2D eigenvalue weighted by Crippen LogP contribution is 2.30. The Bertz CT molecular complexity index is 880. The van der Waals surface area contributed by atoms with Gasteiger partial charge in [-0.1, -0.05) is 30.8 Å². The van der Waals surface area contributed by atoms with Gasteiger partial charge < -0.3 is 9.47 Å². The van der Waals surface area contributed by atoms with Crippen LogP contribution in [0.2, 0.25) is 0 Å². The van der Waals surface area contributed by atoms with E-state index >= 15 is 0 Å². The number of hydrogen-bond acceptors (Lipinski definition) is 5. The Balaban J connectivity index is 1.68. The van der Waals surface area contributed by atoms with Crippen LogP contribution in [0.3, 0.4) is 0 Å². The van der Waals surface area contributed by atoms with Gasteiger partial charge in [-0.25, -0.2) is 4.99 Å². The number of carbonyl (C=O) groups excluding carboxylic acids is 1. The zero-order valence-corrected chi connectivity index (χ0v) is 18.3. The van der Waals surface area contributed by atoms with Gasteiger partial charge in [0, 0.05) is 11.8 Å². The van der Waals surface area contributed by atoms with Gasteiger partial charge in [0.15, 0.2) is 5.17 Å². The minimum atomic E-state index is 0.0550. The largest absolute Gasteiger partial charge is 0.497 e. The van der Waals surface area contributed by atoms with Gasteiger partial charge in [-0.3, -0.25) is 9.69 Å². The molecule has 0 unspecified atom stereocenters. The molecule has 0 saturated carbocycles. The molecule has 0 spiro atoms. The van der Waals surface area contributed by atoms with Crippen molar-refractivity contribution in [2.75, 3.05) is 19.5 Å². The Hall–Kier alpha value is -2.47. The second kappa shape index (κ2) is 9.83. The van der Waals surface area contributed by atoms with Crippen LogP contribution in [0, 0.1) is 13.8 Å². The number of aliphatic imine (C=N–C) groups is 1. The lowest BCUT2D eigenvalue weighted by Crippen LogP contribution is -2.39. The number of nitrogens with zero attached hydrogens (tertiary/aromatic N) is 2. The van der Waals surface area contributed by atoms with Crippen LogP contribution < -0.4 is 9.47 Å². The third kappa shape index (κ3) is 5.32. The Kier molecular flexibility index (Phi) is 7.20. The van der Waals surface area contributed by atoms with Crippen molar-refractivity contribution in [3.8, 4) is 11.5 Å². The van der Waals surface area contributed by atoms with E-state index in [9.17, 15) is 4.79 Å². The van der Waals surface area contributed by atoms with E-state index in [2.05, 4.69) is 13.0 Å². The van der Waals surface area contributed by atoms with Crippen LogP contribution in [0.5, 0.6) is 11.5 Å². The minimum Gasteiger partial charge on any atom is -0.497 e. The van der Waals surface area contributed by atoms with Gasteiger partial charge >= 0.3 is 0 Å². The molecule has 5 nitrogen and oxygen atoms in total. The van der Waals surface area contributed by atoms with Crippen molar-refractivity contribution >= 4 is 28.5 Å². The summed E-state index contributed by atoms with van der Waals surface area (Å²) in [6, 6.07) is 13.8. The fourth-order valence-electron chi connectivity index (χ4n) is 3.17. The molecule has 1 fully saturated rings. The Morgan fingerprint density at radius 1 is 1.21 bits per heavy atom. The zero-order valence-electron chi connectivity index (χ0n) is 17.5. The van der Waals surface area contributed by atoms with Gasteiger partial charge in [0.2, 0.25) is 5.91 Å². The van der Waals surface area contributed by atoms with Gasteiger partial charge in [-0.05, 0) is 61.7 Å². The number of ether oxygens (including phenoxy) is 2. The fourth-order valence-corrected chi connectivity index (χ4v) is 4.45. The average molecular weight is 413 g/mol. The van der Waals surface area contributed by atoms with Gasteiger partial charge in [-0.2, -0.15) is 0 Å². The van der Waals surface area contributed by atoms with Crippen LogP contribution in [0.4, 0.5) is 5.69 Å². The summed E-state index contributed by atoms with van der Waals surface area (Å²) in [5.74, 6) is 2.55. The topological polar surface area (TPSA) is 51.1 Å². The number of aryl methyl sites for hydroxylation is 2. The van der Waals surface area contributed by atoms with Gasteiger partial charge in [0.05, 0.1) is 25.8 Å². The van der Waals surface area contributed by atoms with E-state index in [0.29, 0.717) is 13.0 Å². The molecule has 0 radical (unpaired) electrons. The number of carbonyl (C=O) groups is 1. The van der Waals surface area contributed by atoms with Crippen molar-refractivity contribution in [1.82, 2.24) is 4.90 Å². The molecule has 0 bridgehead atoms. The molecule has 1 aliphatic rings. The third-order valence-corrected chi connectivity index (χ3v) is 6.03. The second-order valence-electron chi connectivity index (χ2n) is 7.10. The molecular weight excluding hydrogens is 384 g/mol. The van der Waals surface area contributed by atoms with Crippen LogP contribution in [0.15, 0.2) is 47.5 Å². The second-order valence-corrected chi connectivity index (χ2v) is 8.08. The van der Waals surface area contributed by atoms with E-state index < -0.39 is 0 Å². The Morgan fingerprint density at radius 2 is 1.97 bits per heavy atom. The van der Waals surface area contributed by atoms with Gasteiger partial charge in [-0.15, -0.1) is 0 Å². The normalized spacial score (nSPS) is 17.6. The highest BCUT2D eigenvalue weighted by Gasteiger charge is 2.33. The summed E-state index contributed by atoms with van der Waals surface area (Å²) in [5, 5.41) is 0.763. The van der Waals surface area contributed by atoms with Gasteiger partial charge in [0.25, 0.3) is 0 Å². The van der Waals surface area contributed by atoms with Crippen molar-refractivity contribution in [2.24, 2.45) is 4.99 Å². The summed E-state index contributed by atoms with van der Waals surface area (Å²) in [6.45, 7) is 6.51. The zero-order chi connectivity index (χ0) is 20.8. The summed E-state index contributed by atoms with van der Waals surface area (Å²) >= 11 is 1.63. The SMILES string of the molecule is CC[C@H]1CSC(=Nc2ccc(OC)cc2)N1C(=O)CCOc1cc(C)ccc1C. The third-order valence-electron chi connectivity index (χ3n) is 4.93. The van der Waals surface area contributed by atoms with E-state index in [-0.39, 0.29) is 11.9 Å². The van der Waals surface area contributed by atoms with Crippen LogP contribution in [-0.4, -0.2) is 41.5 Å². The number of hydrogen-bond donors (Lipinski definition) is 0. The highest BCUT2D eigenvalue weighted by atomic mass is 32.2. The molecule has 29 heavy (non-hydrogen) atoms. The van der Waals surface area contributed by atoms with Crippen molar-refractivity contribution in [1.29, 1.82) is 0 Å². The van der Waals surface area contributed by atoms with Crippen molar-refractivity contribution < 1.29 is 14.3 Å². The quantitative estimate of drug-likeness (QED) is 0.633. The lowest BCUT2D eigenvalue weighted by atomic mass is 10.1. The van der Waals surface area contributed by atoms with E-state index in [1.165, 1.54) is 0 Å². The number of rotatable bonds is 7. The maximum absolute atomic E-state index is 13.0. The summed E-state index contributed by atoms with van der Waals surface area (Å²) in [7, 11) is 1.64. The predicted octanol–water partition coefficient (Wildman–Crippen LogP) is 5.12. The lowest BCUT2D eigenvalue weighted by molar-refractivity contribution is -0.128. The first-order valence-electron chi connectivity index (χ1n) is 9.89. The Labute approximate surface area is 177 Å². The maximum atomic E-state index is 13.0. The van der Waals surface area contributed by atoms with Crippen LogP contribution in [-0.2, 0) is 4.79 Å². The van der Waals surface area contributed by atoms with Crippen molar-refractivity contribution in [3.63, 3.8) is 0 Å². The van der Waals surface area contributed by atoms with Crippen LogP contribution >= 0.6 is 11.8 Å². The lowest BCUT2D eigenvalue weighted by Gasteiger charge is -2.23. The first-order chi connectivity index (χ1) is 14.0. The first-order valence-corrected chi connectivity index (χ1v) is 10.9. The summed E-state index contributed by atoms with van der Waals surface area (Å²) in [4.78, 5) is 19.6. The summed E-state index contributed by atoms with van der Waals surface area (Å²) in [5.41, 5.74) is 3.04. The average Bonchev–Trinajstić information content (AvgIpc) is 3.13. The van der Waals surface area contributed by atoms with E-state index in [1.807, 2.05) is 55.1 Å². The maximum Gasteiger partial charge on any atom is 0.232 e. The monoisotopic (exact) mass is 412 g/mol. The van der Waals surface area contributed by atoms with Crippen LogP contribution in [0.25, 0.3) is 0 Å². The molecule has 1 aliphatic heterocycles. The highest BCUT2D eigenvalue weighted by molar-refractivity contribution is 8.14. The molecule has 1 heterocycles. The Morgan fingerprint density at radius 3 is 2.66 bits per heavy atom. The molecule has 0 aliphatic carbocycles. The molecule has 3 rings (SSSR count). The molecule has 2 aromatic rings. The molecule has 6 heteroatoms. The van der Waals surface area contributed by atoms with Gasteiger partial charge in [0.1, 0.15) is 11.5 Å². The molecule has 1 atom stereocenters. The molecule has 154 valence electrons. The molecular formula is C23H28N2O3S. The standard InChI is InChI=1S/C23H28N2O3S/c1-5-19-15-29-23(24-18-8-10-20(27-4)11-9-18)25(19)22(26)12-13-28-21-14-16(2)6-7-17(21)3/h6-11,14,19H,5,12-13,15H2,1-4H3/t19-/m0/s1. The smallest absolute Gasteiger partial charge is 0.232 e. The molecule has 0 N–H and O–H groups in total. The number of thioether (sulfide) groups is 1. The first kappa shape index (κ1) is 21.2. The molecule has 1 saturated heterocycles. The van der Waals surface area contributed by atoms with E-state index in [0.717, 1.165) is 45.7 Å². The summed E-state index contributed by atoms with van der Waals surface area (Å²) < 4.78 is 11.1. The fraction of sp³-hybridized carbons (Fsp3) is 0.391. The number of amides is 1. The predicted molar refractivity (Wildman–Crippen MR) is 120 cm³/mol. The minimum absolute atomic E-state index is 0.0550. The molecule has 2 aromatic carbocycles.